The van der Waals surface area contributed by atoms with E-state index in [0.29, 0.717) is 5.69 Å². The van der Waals surface area contributed by atoms with Crippen molar-refractivity contribution < 1.29 is 14.4 Å². The Hall–Kier alpha value is -2.99. The first kappa shape index (κ1) is 17.8. The number of primary amides is 1. The molecule has 130 valence electrons. The highest BCUT2D eigenvalue weighted by molar-refractivity contribution is 9.09. The molecule has 26 heavy (non-hydrogen) atoms. The third-order valence-corrected chi connectivity index (χ3v) is 4.44. The predicted octanol–water partition coefficient (Wildman–Crippen LogP) is 3.77. The first-order chi connectivity index (χ1) is 12.5. The second-order valence-electron chi connectivity index (χ2n) is 5.74. The Morgan fingerprint density at radius 3 is 2.19 bits per heavy atom. The Balaban J connectivity index is 1.93. The number of ketones is 1. The Labute approximate surface area is 158 Å². The fourth-order valence-corrected chi connectivity index (χ4v) is 2.93. The van der Waals surface area contributed by atoms with Crippen molar-refractivity contribution in [3.8, 4) is 0 Å². The van der Waals surface area contributed by atoms with Gasteiger partial charge in [0.25, 0.3) is 5.91 Å². The molecule has 5 nitrogen and oxygen atoms in total. The molecule has 0 aliphatic heterocycles. The summed E-state index contributed by atoms with van der Waals surface area (Å²) in [5, 5.41) is 4.92. The van der Waals surface area contributed by atoms with Gasteiger partial charge < -0.3 is 11.1 Å². The lowest BCUT2D eigenvalue weighted by atomic mass is 10.0. The Kier molecular flexibility index (Phi) is 5.14. The van der Waals surface area contributed by atoms with Crippen molar-refractivity contribution in [2.45, 2.75) is 0 Å². The zero-order chi connectivity index (χ0) is 18.7. The molecule has 0 radical (unpaired) electrons. The van der Waals surface area contributed by atoms with Crippen molar-refractivity contribution in [3.63, 3.8) is 0 Å². The first-order valence-electron chi connectivity index (χ1n) is 7.82. The van der Waals surface area contributed by atoms with Crippen LogP contribution in [-0.2, 0) is 0 Å². The van der Waals surface area contributed by atoms with Gasteiger partial charge in [-0.3, -0.25) is 14.4 Å². The highest BCUT2D eigenvalue weighted by Gasteiger charge is 2.15. The van der Waals surface area contributed by atoms with Crippen LogP contribution in [0.1, 0.15) is 31.1 Å². The molecule has 0 bridgehead atoms. The van der Waals surface area contributed by atoms with Crippen LogP contribution >= 0.6 is 15.9 Å². The minimum Gasteiger partial charge on any atom is -0.366 e. The van der Waals surface area contributed by atoms with Crippen LogP contribution < -0.4 is 11.1 Å². The molecular weight excluding hydrogens is 396 g/mol. The summed E-state index contributed by atoms with van der Waals surface area (Å²) in [7, 11) is 0. The van der Waals surface area contributed by atoms with Gasteiger partial charge in [0.05, 0.1) is 5.33 Å². The molecule has 3 N–H and O–H groups in total. The molecule has 0 saturated carbocycles. The van der Waals surface area contributed by atoms with Gasteiger partial charge in [0.2, 0.25) is 5.91 Å². The third-order valence-electron chi connectivity index (χ3n) is 3.93. The molecule has 3 rings (SSSR count). The molecule has 6 heteroatoms. The molecule has 0 spiro atoms. The van der Waals surface area contributed by atoms with Crippen LogP contribution in [0.2, 0.25) is 0 Å². The van der Waals surface area contributed by atoms with Crippen LogP contribution in [0.5, 0.6) is 0 Å². The van der Waals surface area contributed by atoms with Gasteiger partial charge in [-0.15, -0.1) is 0 Å². The number of amides is 2. The van der Waals surface area contributed by atoms with E-state index in [1.54, 1.807) is 6.07 Å². The minimum absolute atomic E-state index is 0.0843. The van der Waals surface area contributed by atoms with E-state index < -0.39 is 11.8 Å². The number of hydrogen-bond donors (Lipinski definition) is 2. The zero-order valence-corrected chi connectivity index (χ0v) is 15.2. The molecule has 3 aromatic carbocycles. The van der Waals surface area contributed by atoms with Crippen molar-refractivity contribution in [1.82, 2.24) is 0 Å². The van der Waals surface area contributed by atoms with Gasteiger partial charge in [0, 0.05) is 22.4 Å². The lowest BCUT2D eigenvalue weighted by Gasteiger charge is -2.09. The number of halogens is 1. The van der Waals surface area contributed by atoms with Crippen molar-refractivity contribution in [3.05, 3.63) is 77.4 Å². The molecule has 0 saturated heterocycles. The maximum absolute atomic E-state index is 12.6. The molecule has 0 fully saturated rings. The van der Waals surface area contributed by atoms with Crippen LogP contribution in [0.25, 0.3) is 10.8 Å². The number of carbonyl (C=O) groups is 3. The molecule has 0 heterocycles. The highest BCUT2D eigenvalue weighted by atomic mass is 79.9. The van der Waals surface area contributed by atoms with E-state index in [1.165, 1.54) is 18.2 Å². The Bertz CT molecular complexity index is 1030. The van der Waals surface area contributed by atoms with E-state index >= 15 is 0 Å². The number of hydrogen-bond acceptors (Lipinski definition) is 3. The number of alkyl halides is 1. The fourth-order valence-electron chi connectivity index (χ4n) is 2.61. The largest absolute Gasteiger partial charge is 0.366 e. The summed E-state index contributed by atoms with van der Waals surface area (Å²) in [6, 6.07) is 17.6. The molecule has 0 aliphatic rings. The normalized spacial score (nSPS) is 10.5. The van der Waals surface area contributed by atoms with Crippen LogP contribution in [0, 0.1) is 0 Å². The monoisotopic (exact) mass is 410 g/mol. The van der Waals surface area contributed by atoms with Crippen LogP contribution in [0.4, 0.5) is 5.69 Å². The Morgan fingerprint density at radius 1 is 0.846 bits per heavy atom. The van der Waals surface area contributed by atoms with E-state index in [-0.39, 0.29) is 27.8 Å². The van der Waals surface area contributed by atoms with Gasteiger partial charge in [0.1, 0.15) is 0 Å². The topological polar surface area (TPSA) is 89.3 Å². The second-order valence-corrected chi connectivity index (χ2v) is 6.30. The first-order valence-corrected chi connectivity index (χ1v) is 8.94. The molecular formula is C20H15BrN2O3. The van der Waals surface area contributed by atoms with Gasteiger partial charge in [-0.25, -0.2) is 0 Å². The van der Waals surface area contributed by atoms with E-state index in [2.05, 4.69) is 21.2 Å². The van der Waals surface area contributed by atoms with Gasteiger partial charge in [-0.1, -0.05) is 46.3 Å². The van der Waals surface area contributed by atoms with Crippen LogP contribution in [0.3, 0.4) is 0 Å². The fraction of sp³-hybridized carbons (Fsp3) is 0.0500. The molecule has 0 aliphatic carbocycles. The second kappa shape index (κ2) is 7.49. The lowest BCUT2D eigenvalue weighted by molar-refractivity contribution is 0.1000. The minimum atomic E-state index is -0.700. The number of anilines is 1. The van der Waals surface area contributed by atoms with Crippen molar-refractivity contribution in [2.24, 2.45) is 5.73 Å². The van der Waals surface area contributed by atoms with Crippen molar-refractivity contribution in [1.29, 1.82) is 0 Å². The zero-order valence-electron chi connectivity index (χ0n) is 13.7. The quantitative estimate of drug-likeness (QED) is 0.495. The van der Waals surface area contributed by atoms with Gasteiger partial charge >= 0.3 is 0 Å². The highest BCUT2D eigenvalue weighted by Crippen LogP contribution is 2.20. The summed E-state index contributed by atoms with van der Waals surface area (Å²) in [6.45, 7) is 0. The van der Waals surface area contributed by atoms with Crippen molar-refractivity contribution in [2.75, 3.05) is 10.6 Å². The third kappa shape index (κ3) is 3.81. The summed E-state index contributed by atoms with van der Waals surface area (Å²) in [4.78, 5) is 36.1. The van der Waals surface area contributed by atoms with Gasteiger partial charge in [-0.2, -0.15) is 0 Å². The van der Waals surface area contributed by atoms with Gasteiger partial charge in [0.15, 0.2) is 5.78 Å². The summed E-state index contributed by atoms with van der Waals surface area (Å²) in [5.74, 6) is -1.37. The summed E-state index contributed by atoms with van der Waals surface area (Å²) >= 11 is 3.09. The molecule has 0 atom stereocenters. The standard InChI is InChI=1S/C20H15BrN2O3/c21-11-18(24)14-7-15(19(22)25)9-16(8-14)20(26)23-17-6-5-12-3-1-2-4-13(12)10-17/h1-10H,11H2,(H2,22,25)(H,23,26). The smallest absolute Gasteiger partial charge is 0.255 e. The predicted molar refractivity (Wildman–Crippen MR) is 105 cm³/mol. The van der Waals surface area contributed by atoms with E-state index in [9.17, 15) is 14.4 Å². The van der Waals surface area contributed by atoms with Gasteiger partial charge in [-0.05, 0) is 41.1 Å². The Morgan fingerprint density at radius 2 is 1.50 bits per heavy atom. The number of rotatable bonds is 5. The number of Topliss-reactive ketones (excluding diaryl/α,β-unsaturated/α-hetero) is 1. The number of nitrogens with two attached hydrogens (primary N) is 1. The van der Waals surface area contributed by atoms with E-state index in [0.717, 1.165) is 10.8 Å². The number of nitrogens with one attached hydrogen (secondary N) is 1. The van der Waals surface area contributed by atoms with E-state index in [1.807, 2.05) is 36.4 Å². The summed E-state index contributed by atoms with van der Waals surface area (Å²) < 4.78 is 0. The molecule has 2 amide bonds. The molecule has 0 aromatic heterocycles. The van der Waals surface area contributed by atoms with E-state index in [4.69, 9.17) is 5.73 Å². The van der Waals surface area contributed by atoms with Crippen LogP contribution in [0.15, 0.2) is 60.7 Å². The lowest BCUT2D eigenvalue weighted by Crippen LogP contribution is -2.17. The van der Waals surface area contributed by atoms with Crippen LogP contribution in [-0.4, -0.2) is 22.9 Å². The molecule has 0 unspecified atom stereocenters. The SMILES string of the molecule is NC(=O)c1cc(C(=O)CBr)cc(C(=O)Nc2ccc3ccccc3c2)c1. The number of carbonyl (C=O) groups excluding carboxylic acids is 3. The average molecular weight is 411 g/mol. The summed E-state index contributed by atoms with van der Waals surface area (Å²) in [5.41, 5.74) is 6.49. The maximum Gasteiger partial charge on any atom is 0.255 e. The average Bonchev–Trinajstić information content (AvgIpc) is 2.66. The van der Waals surface area contributed by atoms with Crippen molar-refractivity contribution >= 4 is 50.0 Å². The number of benzene rings is 3. The molecule has 3 aromatic rings. The number of fused-ring (bicyclic) bond motifs is 1. The maximum atomic E-state index is 12.6. The summed E-state index contributed by atoms with van der Waals surface area (Å²) in [6.07, 6.45) is 0.